The standard InChI is InChI=1S/C16H25ClN2O2/c1-4-15(3)14(21)19(11-12(2)10-17)16(13(20)18-15)8-6-5-7-9-16/h10H,4-9,11H2,1-3H3,(H,18,20). The fourth-order valence-corrected chi connectivity index (χ4v) is 3.48. The van der Waals surface area contributed by atoms with Crippen molar-refractivity contribution >= 4 is 23.4 Å². The zero-order chi connectivity index (χ0) is 15.7. The number of carbonyl (C=O) groups excluding carboxylic acids is 2. The first-order valence-corrected chi connectivity index (χ1v) is 8.24. The number of nitrogens with one attached hydrogen (secondary N) is 1. The predicted molar refractivity (Wildman–Crippen MR) is 84.0 cm³/mol. The van der Waals surface area contributed by atoms with Gasteiger partial charge in [-0.3, -0.25) is 9.59 Å². The van der Waals surface area contributed by atoms with Crippen LogP contribution in [-0.2, 0) is 9.59 Å². The normalized spacial score (nSPS) is 29.7. The Labute approximate surface area is 131 Å². The van der Waals surface area contributed by atoms with Crippen LogP contribution in [0.25, 0.3) is 0 Å². The van der Waals surface area contributed by atoms with Gasteiger partial charge in [-0.1, -0.05) is 37.8 Å². The quantitative estimate of drug-likeness (QED) is 0.871. The highest BCUT2D eigenvalue weighted by atomic mass is 35.5. The maximum atomic E-state index is 13.0. The van der Waals surface area contributed by atoms with Gasteiger partial charge < -0.3 is 10.2 Å². The van der Waals surface area contributed by atoms with Crippen LogP contribution in [0.15, 0.2) is 11.1 Å². The monoisotopic (exact) mass is 312 g/mol. The van der Waals surface area contributed by atoms with Gasteiger partial charge in [-0.05, 0) is 38.7 Å². The van der Waals surface area contributed by atoms with Gasteiger partial charge in [0.05, 0.1) is 0 Å². The molecule has 1 aliphatic carbocycles. The smallest absolute Gasteiger partial charge is 0.249 e. The molecule has 0 aromatic heterocycles. The molecule has 1 saturated heterocycles. The molecule has 2 fully saturated rings. The topological polar surface area (TPSA) is 49.4 Å². The fraction of sp³-hybridized carbons (Fsp3) is 0.750. The van der Waals surface area contributed by atoms with E-state index in [4.69, 9.17) is 11.6 Å². The maximum absolute atomic E-state index is 13.0. The van der Waals surface area contributed by atoms with Gasteiger partial charge >= 0.3 is 0 Å². The first-order valence-electron chi connectivity index (χ1n) is 7.80. The molecule has 21 heavy (non-hydrogen) atoms. The van der Waals surface area contributed by atoms with Gasteiger partial charge in [0.25, 0.3) is 0 Å². The van der Waals surface area contributed by atoms with Gasteiger partial charge in [0.2, 0.25) is 11.8 Å². The van der Waals surface area contributed by atoms with Crippen LogP contribution < -0.4 is 5.32 Å². The predicted octanol–water partition coefficient (Wildman–Crippen LogP) is 2.96. The van der Waals surface area contributed by atoms with Crippen molar-refractivity contribution in [3.8, 4) is 0 Å². The molecule has 0 radical (unpaired) electrons. The number of amides is 2. The molecular weight excluding hydrogens is 288 g/mol. The summed E-state index contributed by atoms with van der Waals surface area (Å²) in [6.45, 7) is 6.08. The van der Waals surface area contributed by atoms with Crippen LogP contribution in [0.1, 0.15) is 59.3 Å². The summed E-state index contributed by atoms with van der Waals surface area (Å²) >= 11 is 5.79. The molecular formula is C16H25ClN2O2. The lowest BCUT2D eigenvalue weighted by molar-refractivity contribution is -0.164. The third-order valence-electron chi connectivity index (χ3n) is 5.03. The van der Waals surface area contributed by atoms with Crippen LogP contribution in [0, 0.1) is 0 Å². The summed E-state index contributed by atoms with van der Waals surface area (Å²) in [6, 6.07) is 0. The number of hydrogen-bond donors (Lipinski definition) is 1. The number of halogens is 1. The van der Waals surface area contributed by atoms with Crippen LogP contribution in [0.4, 0.5) is 0 Å². The molecule has 2 rings (SSSR count). The van der Waals surface area contributed by atoms with Crippen molar-refractivity contribution in [1.29, 1.82) is 0 Å². The van der Waals surface area contributed by atoms with Crippen molar-refractivity contribution in [3.63, 3.8) is 0 Å². The first-order chi connectivity index (χ1) is 9.89. The molecule has 2 aliphatic rings. The van der Waals surface area contributed by atoms with E-state index in [0.29, 0.717) is 13.0 Å². The first kappa shape index (κ1) is 16.3. The molecule has 1 atom stereocenters. The van der Waals surface area contributed by atoms with Crippen LogP contribution in [0.2, 0.25) is 0 Å². The number of nitrogens with zero attached hydrogens (tertiary/aromatic N) is 1. The van der Waals surface area contributed by atoms with Gasteiger partial charge in [-0.2, -0.15) is 0 Å². The Morgan fingerprint density at radius 1 is 1.33 bits per heavy atom. The Kier molecular flexibility index (Phi) is 4.66. The third-order valence-corrected chi connectivity index (χ3v) is 5.40. The van der Waals surface area contributed by atoms with Crippen molar-refractivity contribution in [2.75, 3.05) is 6.54 Å². The Balaban J connectivity index is 2.42. The number of carbonyl (C=O) groups is 2. The van der Waals surface area contributed by atoms with Gasteiger partial charge in [0.1, 0.15) is 11.1 Å². The third kappa shape index (κ3) is 2.70. The molecule has 1 unspecified atom stereocenters. The van der Waals surface area contributed by atoms with Crippen molar-refractivity contribution in [1.82, 2.24) is 10.2 Å². The molecule has 1 aliphatic heterocycles. The molecule has 1 saturated carbocycles. The highest BCUT2D eigenvalue weighted by Crippen LogP contribution is 2.39. The van der Waals surface area contributed by atoms with Gasteiger partial charge in [-0.15, -0.1) is 0 Å². The summed E-state index contributed by atoms with van der Waals surface area (Å²) in [5.74, 6) is 0.0258. The Morgan fingerprint density at radius 3 is 2.48 bits per heavy atom. The van der Waals surface area contributed by atoms with E-state index in [0.717, 1.165) is 37.7 Å². The van der Waals surface area contributed by atoms with Gasteiger partial charge in [0.15, 0.2) is 0 Å². The average Bonchev–Trinajstić information content (AvgIpc) is 2.50. The Morgan fingerprint density at radius 2 is 1.95 bits per heavy atom. The highest BCUT2D eigenvalue weighted by molar-refractivity contribution is 6.25. The molecule has 1 spiro atoms. The molecule has 1 N–H and O–H groups in total. The van der Waals surface area contributed by atoms with E-state index in [1.807, 2.05) is 20.8 Å². The summed E-state index contributed by atoms with van der Waals surface area (Å²) in [5, 5.41) is 2.99. The number of hydrogen-bond acceptors (Lipinski definition) is 2. The van der Waals surface area contributed by atoms with Crippen molar-refractivity contribution in [2.24, 2.45) is 0 Å². The molecule has 1 heterocycles. The molecule has 5 heteroatoms. The summed E-state index contributed by atoms with van der Waals surface area (Å²) in [6.07, 6.45) is 5.20. The van der Waals surface area contributed by atoms with Crippen molar-refractivity contribution in [2.45, 2.75) is 70.4 Å². The van der Waals surface area contributed by atoms with E-state index < -0.39 is 11.1 Å². The van der Waals surface area contributed by atoms with Crippen LogP contribution in [0.5, 0.6) is 0 Å². The average molecular weight is 313 g/mol. The summed E-state index contributed by atoms with van der Waals surface area (Å²) in [5.41, 5.74) is 0.931. The molecule has 118 valence electrons. The number of piperazine rings is 1. The lowest BCUT2D eigenvalue weighted by atomic mass is 9.75. The Bertz CT molecular complexity index is 469. The SMILES string of the molecule is CCC1(C)NC(=O)C2(CCCCC2)N(CC(C)=CCl)C1=O. The minimum absolute atomic E-state index is 0.00789. The zero-order valence-corrected chi connectivity index (χ0v) is 13.9. The largest absolute Gasteiger partial charge is 0.340 e. The second-order valence-electron chi connectivity index (χ2n) is 6.58. The van der Waals surface area contributed by atoms with E-state index >= 15 is 0 Å². The van der Waals surface area contributed by atoms with Gasteiger partial charge in [0, 0.05) is 12.1 Å². The zero-order valence-electron chi connectivity index (χ0n) is 13.2. The molecule has 2 amide bonds. The van der Waals surface area contributed by atoms with Crippen LogP contribution in [-0.4, -0.2) is 34.3 Å². The highest BCUT2D eigenvalue weighted by Gasteiger charge is 2.56. The van der Waals surface area contributed by atoms with Crippen molar-refractivity contribution in [3.05, 3.63) is 11.1 Å². The maximum Gasteiger partial charge on any atom is 0.249 e. The summed E-state index contributed by atoms with van der Waals surface area (Å²) in [7, 11) is 0. The second-order valence-corrected chi connectivity index (χ2v) is 6.80. The number of rotatable bonds is 3. The minimum atomic E-state index is -0.799. The summed E-state index contributed by atoms with van der Waals surface area (Å²) in [4.78, 5) is 27.6. The van der Waals surface area contributed by atoms with E-state index in [-0.39, 0.29) is 11.8 Å². The lowest BCUT2D eigenvalue weighted by Gasteiger charge is -2.53. The lowest BCUT2D eigenvalue weighted by Crippen LogP contribution is -2.75. The Hall–Kier alpha value is -1.03. The molecule has 4 nitrogen and oxygen atoms in total. The van der Waals surface area contributed by atoms with Crippen LogP contribution >= 0.6 is 11.6 Å². The van der Waals surface area contributed by atoms with E-state index in [1.165, 1.54) is 5.54 Å². The minimum Gasteiger partial charge on any atom is -0.340 e. The molecule has 0 aromatic rings. The molecule has 0 bridgehead atoms. The van der Waals surface area contributed by atoms with Gasteiger partial charge in [-0.25, -0.2) is 0 Å². The van der Waals surface area contributed by atoms with Crippen LogP contribution in [0.3, 0.4) is 0 Å². The fourth-order valence-electron chi connectivity index (χ4n) is 3.42. The van der Waals surface area contributed by atoms with E-state index in [2.05, 4.69) is 5.32 Å². The van der Waals surface area contributed by atoms with Crippen molar-refractivity contribution < 1.29 is 9.59 Å². The van der Waals surface area contributed by atoms with E-state index in [9.17, 15) is 9.59 Å². The molecule has 0 aromatic carbocycles. The summed E-state index contributed by atoms with van der Waals surface area (Å²) < 4.78 is 0. The van der Waals surface area contributed by atoms with E-state index in [1.54, 1.807) is 4.90 Å². The second kappa shape index (κ2) is 5.99.